The third-order valence-electron chi connectivity index (χ3n) is 3.25. The van der Waals surface area contributed by atoms with Gasteiger partial charge in [-0.3, -0.25) is 5.10 Å². The van der Waals surface area contributed by atoms with Crippen LogP contribution in [0.5, 0.6) is 11.5 Å². The van der Waals surface area contributed by atoms with Crippen LogP contribution < -0.4 is 14.8 Å². The van der Waals surface area contributed by atoms with Crippen molar-refractivity contribution in [1.82, 2.24) is 15.2 Å². The molecule has 6 nitrogen and oxygen atoms in total. The number of pyridine rings is 1. The van der Waals surface area contributed by atoms with E-state index in [-0.39, 0.29) is 0 Å². The summed E-state index contributed by atoms with van der Waals surface area (Å²) in [6.45, 7) is 1.93. The van der Waals surface area contributed by atoms with Crippen molar-refractivity contribution >= 4 is 34.0 Å². The number of ether oxygens (including phenoxy) is 2. The third kappa shape index (κ3) is 2.65. The Morgan fingerprint density at radius 1 is 1.05 bits per heavy atom. The zero-order valence-electron chi connectivity index (χ0n) is 12.4. The van der Waals surface area contributed by atoms with Crippen molar-refractivity contribution in [2.75, 3.05) is 19.5 Å². The minimum atomic E-state index is 0.383. The van der Waals surface area contributed by atoms with Crippen LogP contribution >= 0.6 is 11.6 Å². The van der Waals surface area contributed by atoms with E-state index in [9.17, 15) is 0 Å². The monoisotopic (exact) mass is 318 g/mol. The Morgan fingerprint density at radius 3 is 2.41 bits per heavy atom. The van der Waals surface area contributed by atoms with Gasteiger partial charge in [0.1, 0.15) is 11.0 Å². The molecule has 0 saturated heterocycles. The third-order valence-corrected chi connectivity index (χ3v) is 3.54. The number of hydrogen-bond donors (Lipinski definition) is 2. The minimum Gasteiger partial charge on any atom is -0.493 e. The summed E-state index contributed by atoms with van der Waals surface area (Å²) in [6, 6.07) is 7.44. The number of benzene rings is 1. The van der Waals surface area contributed by atoms with Gasteiger partial charge in [0.25, 0.3) is 0 Å². The first-order chi connectivity index (χ1) is 10.6. The molecular formula is C15H15ClN4O2. The molecule has 0 atom stereocenters. The summed E-state index contributed by atoms with van der Waals surface area (Å²) in [5.41, 5.74) is 0.959. The topological polar surface area (TPSA) is 72.1 Å². The highest BCUT2D eigenvalue weighted by Gasteiger charge is 2.11. The quantitative estimate of drug-likeness (QED) is 0.718. The van der Waals surface area contributed by atoms with Crippen molar-refractivity contribution in [3.8, 4) is 11.5 Å². The van der Waals surface area contributed by atoms with Crippen LogP contribution in [0.3, 0.4) is 0 Å². The smallest absolute Gasteiger partial charge is 0.161 e. The van der Waals surface area contributed by atoms with Crippen LogP contribution in [0.4, 0.5) is 11.6 Å². The fourth-order valence-corrected chi connectivity index (χ4v) is 2.47. The number of aromatic amines is 1. The largest absolute Gasteiger partial charge is 0.493 e. The number of aryl methyl sites for hydroxylation is 1. The average molecular weight is 319 g/mol. The van der Waals surface area contributed by atoms with Crippen molar-refractivity contribution in [3.63, 3.8) is 0 Å². The number of aromatic nitrogens is 3. The molecule has 0 aliphatic carbocycles. The summed E-state index contributed by atoms with van der Waals surface area (Å²) in [4.78, 5) is 4.34. The Labute approximate surface area is 132 Å². The van der Waals surface area contributed by atoms with Crippen molar-refractivity contribution in [3.05, 3.63) is 35.1 Å². The van der Waals surface area contributed by atoms with Gasteiger partial charge in [0.05, 0.1) is 14.2 Å². The molecule has 0 radical (unpaired) electrons. The van der Waals surface area contributed by atoms with E-state index < -0.39 is 0 Å². The Morgan fingerprint density at radius 2 is 1.77 bits per heavy atom. The average Bonchev–Trinajstić information content (AvgIpc) is 2.91. The van der Waals surface area contributed by atoms with Crippen molar-refractivity contribution in [2.45, 2.75) is 6.92 Å². The summed E-state index contributed by atoms with van der Waals surface area (Å²) in [5, 5.41) is 12.2. The van der Waals surface area contributed by atoms with Gasteiger partial charge in [0.15, 0.2) is 17.3 Å². The molecule has 22 heavy (non-hydrogen) atoms. The van der Waals surface area contributed by atoms with Gasteiger partial charge in [0.2, 0.25) is 0 Å². The van der Waals surface area contributed by atoms with Gasteiger partial charge in [-0.05, 0) is 30.5 Å². The highest BCUT2D eigenvalue weighted by atomic mass is 35.5. The molecule has 0 fully saturated rings. The van der Waals surface area contributed by atoms with E-state index in [1.807, 2.05) is 31.2 Å². The van der Waals surface area contributed by atoms with E-state index >= 15 is 0 Å². The lowest BCUT2D eigenvalue weighted by Crippen LogP contribution is -1.96. The first-order valence-electron chi connectivity index (χ1n) is 6.62. The Hall–Kier alpha value is -2.47. The van der Waals surface area contributed by atoms with Crippen molar-refractivity contribution < 1.29 is 9.47 Å². The van der Waals surface area contributed by atoms with Gasteiger partial charge in [-0.15, -0.1) is 0 Å². The molecule has 7 heteroatoms. The first-order valence-corrected chi connectivity index (χ1v) is 7.00. The van der Waals surface area contributed by atoms with Crippen molar-refractivity contribution in [2.24, 2.45) is 0 Å². The molecule has 0 amide bonds. The van der Waals surface area contributed by atoms with E-state index in [4.69, 9.17) is 21.1 Å². The lowest BCUT2D eigenvalue weighted by Gasteiger charge is -2.11. The number of anilines is 2. The van der Waals surface area contributed by atoms with Gasteiger partial charge < -0.3 is 14.8 Å². The number of methoxy groups -OCH3 is 2. The van der Waals surface area contributed by atoms with Crippen LogP contribution in [-0.4, -0.2) is 29.4 Å². The van der Waals surface area contributed by atoms with E-state index in [0.29, 0.717) is 28.3 Å². The van der Waals surface area contributed by atoms with E-state index in [1.165, 1.54) is 0 Å². The molecule has 3 aromatic rings. The summed E-state index contributed by atoms with van der Waals surface area (Å²) < 4.78 is 10.6. The van der Waals surface area contributed by atoms with E-state index in [0.717, 1.165) is 16.5 Å². The van der Waals surface area contributed by atoms with Crippen LogP contribution in [0.1, 0.15) is 5.69 Å². The molecule has 0 aliphatic rings. The van der Waals surface area contributed by atoms with Gasteiger partial charge in [-0.1, -0.05) is 11.6 Å². The summed E-state index contributed by atoms with van der Waals surface area (Å²) in [6.07, 6.45) is 0. The Kier molecular flexibility index (Phi) is 3.77. The predicted octanol–water partition coefficient (Wildman–Crippen LogP) is 3.68. The SMILES string of the molecule is COc1cc2cc(Nc3cc(C)[nH]n3)nc(Cl)c2cc1OC. The molecule has 114 valence electrons. The lowest BCUT2D eigenvalue weighted by atomic mass is 10.1. The zero-order valence-corrected chi connectivity index (χ0v) is 13.2. The maximum Gasteiger partial charge on any atom is 0.161 e. The molecule has 1 aromatic carbocycles. The molecule has 3 rings (SSSR count). The van der Waals surface area contributed by atoms with Gasteiger partial charge in [0, 0.05) is 17.1 Å². The molecule has 0 bridgehead atoms. The number of nitrogens with one attached hydrogen (secondary N) is 2. The molecule has 0 saturated carbocycles. The zero-order chi connectivity index (χ0) is 15.7. The molecule has 2 heterocycles. The Bertz CT molecular complexity index is 832. The lowest BCUT2D eigenvalue weighted by molar-refractivity contribution is 0.356. The van der Waals surface area contributed by atoms with Crippen LogP contribution in [0.25, 0.3) is 10.8 Å². The maximum absolute atomic E-state index is 6.28. The molecule has 0 spiro atoms. The maximum atomic E-state index is 6.28. The fraction of sp³-hybridized carbons (Fsp3) is 0.200. The van der Waals surface area contributed by atoms with Crippen LogP contribution in [0.15, 0.2) is 24.3 Å². The number of H-pyrrole nitrogens is 1. The van der Waals surface area contributed by atoms with Crippen LogP contribution in [0, 0.1) is 6.92 Å². The highest BCUT2D eigenvalue weighted by Crippen LogP contribution is 2.36. The molecule has 2 N–H and O–H groups in total. The minimum absolute atomic E-state index is 0.383. The first kappa shape index (κ1) is 14.5. The second-order valence-electron chi connectivity index (χ2n) is 4.79. The van der Waals surface area contributed by atoms with Gasteiger partial charge in [-0.25, -0.2) is 4.98 Å². The number of hydrogen-bond acceptors (Lipinski definition) is 5. The normalized spacial score (nSPS) is 10.7. The number of fused-ring (bicyclic) bond motifs is 1. The molecule has 0 aliphatic heterocycles. The summed E-state index contributed by atoms with van der Waals surface area (Å²) in [7, 11) is 3.18. The molecular weight excluding hydrogens is 304 g/mol. The van der Waals surface area contributed by atoms with E-state index in [2.05, 4.69) is 20.5 Å². The van der Waals surface area contributed by atoms with E-state index in [1.54, 1.807) is 14.2 Å². The van der Waals surface area contributed by atoms with Gasteiger partial charge in [-0.2, -0.15) is 5.10 Å². The molecule has 0 unspecified atom stereocenters. The fourth-order valence-electron chi connectivity index (χ4n) is 2.22. The van der Waals surface area contributed by atoms with Crippen LogP contribution in [-0.2, 0) is 0 Å². The second-order valence-corrected chi connectivity index (χ2v) is 5.15. The summed E-state index contributed by atoms with van der Waals surface area (Å²) in [5.74, 6) is 2.54. The number of nitrogens with zero attached hydrogens (tertiary/aromatic N) is 2. The number of rotatable bonds is 4. The highest BCUT2D eigenvalue weighted by molar-refractivity contribution is 6.34. The summed E-state index contributed by atoms with van der Waals surface area (Å²) >= 11 is 6.28. The Balaban J connectivity index is 2.06. The second kappa shape index (κ2) is 5.73. The number of halogens is 1. The van der Waals surface area contributed by atoms with Gasteiger partial charge >= 0.3 is 0 Å². The standard InChI is InChI=1S/C15H15ClN4O2/c1-8-4-14(20-19-8)17-13-6-9-5-11(21-2)12(22-3)7-10(9)15(16)18-13/h4-7H,1-3H3,(H2,17,18,19,20). The van der Waals surface area contributed by atoms with Crippen LogP contribution in [0.2, 0.25) is 5.15 Å². The van der Waals surface area contributed by atoms with Crippen molar-refractivity contribution in [1.29, 1.82) is 0 Å². The molecule has 2 aromatic heterocycles. The predicted molar refractivity (Wildman–Crippen MR) is 86.5 cm³/mol.